The van der Waals surface area contributed by atoms with Crippen LogP contribution >= 0.6 is 0 Å². The summed E-state index contributed by atoms with van der Waals surface area (Å²) in [6.45, 7) is 0.971. The molecule has 20 heavy (non-hydrogen) atoms. The fourth-order valence-electron chi connectivity index (χ4n) is 1.67. The molecule has 6 nitrogen and oxygen atoms in total. The second-order valence-corrected chi connectivity index (χ2v) is 4.48. The smallest absolute Gasteiger partial charge is 0.320 e. The number of hydrogen-bond acceptors (Lipinski definition) is 4. The molecule has 1 aromatic carbocycles. The van der Waals surface area contributed by atoms with Gasteiger partial charge < -0.3 is 20.9 Å². The Hall–Kier alpha value is -1.92. The van der Waals surface area contributed by atoms with Crippen molar-refractivity contribution in [3.63, 3.8) is 0 Å². The Morgan fingerprint density at radius 2 is 1.90 bits per heavy atom. The predicted octanol–water partition coefficient (Wildman–Crippen LogP) is -0.0539. The van der Waals surface area contributed by atoms with Crippen molar-refractivity contribution < 1.29 is 19.4 Å². The third-order valence-corrected chi connectivity index (χ3v) is 2.79. The Bertz CT molecular complexity index is 445. The summed E-state index contributed by atoms with van der Waals surface area (Å²) in [4.78, 5) is 22.2. The molecule has 0 heterocycles. The van der Waals surface area contributed by atoms with Crippen molar-refractivity contribution in [3.05, 3.63) is 35.4 Å². The van der Waals surface area contributed by atoms with E-state index in [0.29, 0.717) is 13.2 Å². The zero-order valence-corrected chi connectivity index (χ0v) is 11.5. The van der Waals surface area contributed by atoms with E-state index in [4.69, 9.17) is 15.6 Å². The maximum Gasteiger partial charge on any atom is 0.320 e. The average Bonchev–Trinajstić information content (AvgIpc) is 2.41. The minimum absolute atomic E-state index is 0.0722. The highest BCUT2D eigenvalue weighted by Gasteiger charge is 2.12. The standard InChI is InChI=1S/C14H20N2O4/c1-20-7-6-16-13(17)9-11-4-2-10(3-5-11)8-12(15)14(18)19/h2-5,12H,6-9,15H2,1H3,(H,16,17)(H,18,19). The first-order chi connectivity index (χ1) is 9.52. The van der Waals surface area contributed by atoms with Crippen LogP contribution in [0.3, 0.4) is 0 Å². The van der Waals surface area contributed by atoms with Crippen molar-refractivity contribution >= 4 is 11.9 Å². The maximum absolute atomic E-state index is 11.6. The van der Waals surface area contributed by atoms with E-state index in [-0.39, 0.29) is 18.7 Å². The van der Waals surface area contributed by atoms with Crippen molar-refractivity contribution in [2.75, 3.05) is 20.3 Å². The molecule has 0 saturated heterocycles. The van der Waals surface area contributed by atoms with Gasteiger partial charge in [0.2, 0.25) is 5.91 Å². The van der Waals surface area contributed by atoms with Gasteiger partial charge in [0.15, 0.2) is 0 Å². The summed E-state index contributed by atoms with van der Waals surface area (Å²) in [5, 5.41) is 11.5. The monoisotopic (exact) mass is 280 g/mol. The first kappa shape index (κ1) is 16.1. The molecular weight excluding hydrogens is 260 g/mol. The largest absolute Gasteiger partial charge is 0.480 e. The molecule has 1 aromatic rings. The van der Waals surface area contributed by atoms with Crippen molar-refractivity contribution in [2.24, 2.45) is 5.73 Å². The van der Waals surface area contributed by atoms with Gasteiger partial charge in [-0.2, -0.15) is 0 Å². The van der Waals surface area contributed by atoms with Crippen LogP contribution in [0.5, 0.6) is 0 Å². The van der Waals surface area contributed by atoms with Crippen LogP contribution in [-0.2, 0) is 27.2 Å². The molecule has 0 aromatic heterocycles. The molecule has 1 rings (SSSR count). The minimum Gasteiger partial charge on any atom is -0.480 e. The van der Waals surface area contributed by atoms with Crippen LogP contribution in [0.25, 0.3) is 0 Å². The minimum atomic E-state index is -1.02. The van der Waals surface area contributed by atoms with Crippen molar-refractivity contribution in [3.8, 4) is 0 Å². The number of ether oxygens (including phenoxy) is 1. The number of carboxylic acid groups (broad SMARTS) is 1. The van der Waals surface area contributed by atoms with E-state index in [1.54, 1.807) is 31.4 Å². The topological polar surface area (TPSA) is 102 Å². The Kier molecular flexibility index (Phi) is 6.69. The Morgan fingerprint density at radius 1 is 1.30 bits per heavy atom. The molecule has 0 spiro atoms. The molecule has 1 atom stereocenters. The number of methoxy groups -OCH3 is 1. The lowest BCUT2D eigenvalue weighted by atomic mass is 10.0. The van der Waals surface area contributed by atoms with Gasteiger partial charge in [0.1, 0.15) is 6.04 Å². The highest BCUT2D eigenvalue weighted by molar-refractivity contribution is 5.78. The molecule has 6 heteroatoms. The van der Waals surface area contributed by atoms with Crippen LogP contribution in [0.1, 0.15) is 11.1 Å². The van der Waals surface area contributed by atoms with Gasteiger partial charge in [-0.3, -0.25) is 9.59 Å². The van der Waals surface area contributed by atoms with Crippen molar-refractivity contribution in [1.82, 2.24) is 5.32 Å². The SMILES string of the molecule is COCCNC(=O)Cc1ccc(CC(N)C(=O)O)cc1. The first-order valence-electron chi connectivity index (χ1n) is 6.34. The molecule has 0 fully saturated rings. The summed E-state index contributed by atoms with van der Waals surface area (Å²) in [6.07, 6.45) is 0.560. The van der Waals surface area contributed by atoms with E-state index < -0.39 is 12.0 Å². The van der Waals surface area contributed by atoms with Crippen LogP contribution in [0.2, 0.25) is 0 Å². The number of carbonyl (C=O) groups excluding carboxylic acids is 1. The molecule has 0 radical (unpaired) electrons. The number of amides is 1. The summed E-state index contributed by atoms with van der Waals surface area (Å²) < 4.78 is 4.84. The zero-order chi connectivity index (χ0) is 15.0. The molecule has 0 aliphatic carbocycles. The molecule has 1 amide bonds. The fraction of sp³-hybridized carbons (Fsp3) is 0.429. The Morgan fingerprint density at radius 3 is 2.45 bits per heavy atom. The summed E-state index contributed by atoms with van der Waals surface area (Å²) in [5.41, 5.74) is 7.16. The summed E-state index contributed by atoms with van der Waals surface area (Å²) in [6, 6.07) is 6.29. The van der Waals surface area contributed by atoms with Gasteiger partial charge in [-0.05, 0) is 17.5 Å². The molecule has 0 aliphatic rings. The quantitative estimate of drug-likeness (QED) is 0.579. The molecule has 0 bridgehead atoms. The first-order valence-corrected chi connectivity index (χ1v) is 6.34. The van der Waals surface area contributed by atoms with E-state index in [9.17, 15) is 9.59 Å². The van der Waals surface area contributed by atoms with Crippen LogP contribution in [-0.4, -0.2) is 43.3 Å². The van der Waals surface area contributed by atoms with Gasteiger partial charge in [0.05, 0.1) is 13.0 Å². The van der Waals surface area contributed by atoms with Gasteiger partial charge in [0, 0.05) is 13.7 Å². The van der Waals surface area contributed by atoms with Gasteiger partial charge in [-0.25, -0.2) is 0 Å². The molecule has 0 aliphatic heterocycles. The average molecular weight is 280 g/mol. The van der Waals surface area contributed by atoms with Crippen LogP contribution in [0, 0.1) is 0 Å². The summed E-state index contributed by atoms with van der Waals surface area (Å²) in [5.74, 6) is -1.09. The molecule has 4 N–H and O–H groups in total. The number of hydrogen-bond donors (Lipinski definition) is 3. The fourth-order valence-corrected chi connectivity index (χ4v) is 1.67. The van der Waals surface area contributed by atoms with E-state index in [1.807, 2.05) is 0 Å². The molecule has 1 unspecified atom stereocenters. The number of rotatable bonds is 8. The number of nitrogens with one attached hydrogen (secondary N) is 1. The predicted molar refractivity (Wildman–Crippen MR) is 74.3 cm³/mol. The molecule has 110 valence electrons. The lowest BCUT2D eigenvalue weighted by Gasteiger charge is -2.08. The molecule has 0 saturated carbocycles. The van der Waals surface area contributed by atoms with E-state index in [1.165, 1.54) is 0 Å². The van der Waals surface area contributed by atoms with E-state index in [2.05, 4.69) is 5.32 Å². The van der Waals surface area contributed by atoms with E-state index >= 15 is 0 Å². The van der Waals surface area contributed by atoms with Gasteiger partial charge >= 0.3 is 5.97 Å². The lowest BCUT2D eigenvalue weighted by Crippen LogP contribution is -2.32. The number of carbonyl (C=O) groups is 2. The third kappa shape index (κ3) is 5.81. The van der Waals surface area contributed by atoms with Crippen molar-refractivity contribution in [2.45, 2.75) is 18.9 Å². The van der Waals surface area contributed by atoms with Gasteiger partial charge in [-0.15, -0.1) is 0 Å². The van der Waals surface area contributed by atoms with Crippen molar-refractivity contribution in [1.29, 1.82) is 0 Å². The second kappa shape index (κ2) is 8.29. The second-order valence-electron chi connectivity index (χ2n) is 4.48. The maximum atomic E-state index is 11.6. The van der Waals surface area contributed by atoms with Gasteiger partial charge in [0.25, 0.3) is 0 Å². The van der Waals surface area contributed by atoms with Crippen LogP contribution in [0.4, 0.5) is 0 Å². The summed E-state index contributed by atoms with van der Waals surface area (Å²) >= 11 is 0. The summed E-state index contributed by atoms with van der Waals surface area (Å²) in [7, 11) is 1.58. The zero-order valence-electron chi connectivity index (χ0n) is 11.5. The Labute approximate surface area is 117 Å². The normalized spacial score (nSPS) is 11.9. The van der Waals surface area contributed by atoms with Gasteiger partial charge in [-0.1, -0.05) is 24.3 Å². The van der Waals surface area contributed by atoms with Crippen LogP contribution in [0.15, 0.2) is 24.3 Å². The van der Waals surface area contributed by atoms with E-state index in [0.717, 1.165) is 11.1 Å². The molecular formula is C14H20N2O4. The number of carboxylic acids is 1. The highest BCUT2D eigenvalue weighted by atomic mass is 16.5. The van der Waals surface area contributed by atoms with Crippen LogP contribution < -0.4 is 11.1 Å². The number of nitrogens with two attached hydrogens (primary N) is 1. The number of benzene rings is 1. The number of aliphatic carboxylic acids is 1. The Balaban J connectivity index is 2.46. The lowest BCUT2D eigenvalue weighted by molar-refractivity contribution is -0.138. The third-order valence-electron chi connectivity index (χ3n) is 2.79. The highest BCUT2D eigenvalue weighted by Crippen LogP contribution is 2.07.